The molecule has 0 radical (unpaired) electrons. The molecule has 0 heterocycles. The van der Waals surface area contributed by atoms with E-state index in [-0.39, 0.29) is 18.6 Å². The summed E-state index contributed by atoms with van der Waals surface area (Å²) in [5.41, 5.74) is 7.23. The minimum atomic E-state index is -1.72. The normalized spacial score (nSPS) is 13.8. The highest BCUT2D eigenvalue weighted by atomic mass is 32.2. The minimum absolute atomic E-state index is 0.00351. The van der Waals surface area contributed by atoms with Gasteiger partial charge in [-0.1, -0.05) is 42.5 Å². The highest BCUT2D eigenvalue weighted by Crippen LogP contribution is 2.13. The summed E-state index contributed by atoms with van der Waals surface area (Å²) in [6, 6.07) is 9.56. The van der Waals surface area contributed by atoms with E-state index in [0.29, 0.717) is 23.3 Å². The number of phenolic OH excluding ortho intramolecular Hbond substituents is 1. The molecule has 2 aromatic carbocycles. The Morgan fingerprint density at radius 1 is 0.775 bits per heavy atom. The molecule has 12 nitrogen and oxygen atoms in total. The SMILES string of the molecule is CSCCC(N)C(=O)NC(Cc1ccc(O)cc1)C(=O)NC(Cc1ccccc1)C(=O)NC(CC(=O)O)C(=O)O. The Morgan fingerprint density at radius 3 is 1.77 bits per heavy atom. The number of carboxylic acid groups (broad SMARTS) is 2. The Kier molecular flexibility index (Phi) is 12.9. The molecule has 2 rings (SSSR count). The summed E-state index contributed by atoms with van der Waals surface area (Å²) < 4.78 is 0. The van der Waals surface area contributed by atoms with Crippen LogP contribution in [0.1, 0.15) is 24.0 Å². The zero-order valence-electron chi connectivity index (χ0n) is 21.9. The van der Waals surface area contributed by atoms with Crippen molar-refractivity contribution >= 4 is 41.4 Å². The van der Waals surface area contributed by atoms with Crippen LogP contribution in [0.4, 0.5) is 0 Å². The van der Waals surface area contributed by atoms with Crippen molar-refractivity contribution in [2.75, 3.05) is 12.0 Å². The molecule has 0 saturated heterocycles. The first-order chi connectivity index (χ1) is 19.0. The number of benzene rings is 2. The maximum absolute atomic E-state index is 13.5. The van der Waals surface area contributed by atoms with Crippen molar-refractivity contribution in [3.63, 3.8) is 0 Å². The molecule has 4 unspecified atom stereocenters. The monoisotopic (exact) mass is 574 g/mol. The van der Waals surface area contributed by atoms with Crippen molar-refractivity contribution in [3.8, 4) is 5.75 Å². The third-order valence-electron chi connectivity index (χ3n) is 5.89. The Balaban J connectivity index is 2.31. The lowest BCUT2D eigenvalue weighted by Crippen LogP contribution is -2.58. The molecule has 216 valence electrons. The van der Waals surface area contributed by atoms with Gasteiger partial charge in [0, 0.05) is 12.8 Å². The number of thioether (sulfide) groups is 1. The lowest BCUT2D eigenvalue weighted by molar-refractivity contribution is -0.147. The van der Waals surface area contributed by atoms with E-state index in [1.807, 2.05) is 6.26 Å². The highest BCUT2D eigenvalue weighted by Gasteiger charge is 2.31. The van der Waals surface area contributed by atoms with Crippen molar-refractivity contribution in [3.05, 3.63) is 65.7 Å². The number of carbonyl (C=O) groups excluding carboxylic acids is 3. The maximum atomic E-state index is 13.5. The molecular weight excluding hydrogens is 540 g/mol. The van der Waals surface area contributed by atoms with Crippen LogP contribution in [0.5, 0.6) is 5.75 Å². The van der Waals surface area contributed by atoms with Crippen LogP contribution in [0, 0.1) is 0 Å². The molecule has 2 aromatic rings. The predicted molar refractivity (Wildman–Crippen MR) is 149 cm³/mol. The summed E-state index contributed by atoms with van der Waals surface area (Å²) in [6.45, 7) is 0. The van der Waals surface area contributed by atoms with Crippen LogP contribution in [0.25, 0.3) is 0 Å². The van der Waals surface area contributed by atoms with Crippen molar-refractivity contribution in [2.24, 2.45) is 5.73 Å². The molecule has 0 fully saturated rings. The number of rotatable bonds is 16. The molecule has 40 heavy (non-hydrogen) atoms. The number of aromatic hydroxyl groups is 1. The quantitative estimate of drug-likeness (QED) is 0.146. The number of nitrogens with one attached hydrogen (secondary N) is 3. The second-order valence-corrected chi connectivity index (χ2v) is 10.1. The summed E-state index contributed by atoms with van der Waals surface area (Å²) in [7, 11) is 0. The van der Waals surface area contributed by atoms with Crippen LogP contribution in [0.2, 0.25) is 0 Å². The van der Waals surface area contributed by atoms with Gasteiger partial charge in [-0.3, -0.25) is 19.2 Å². The van der Waals surface area contributed by atoms with Crippen LogP contribution < -0.4 is 21.7 Å². The van der Waals surface area contributed by atoms with Gasteiger partial charge in [-0.2, -0.15) is 11.8 Å². The summed E-state index contributed by atoms with van der Waals surface area (Å²) >= 11 is 1.51. The first-order valence-electron chi connectivity index (χ1n) is 12.4. The third kappa shape index (κ3) is 10.9. The molecule has 0 aliphatic heterocycles. The number of carboxylic acids is 2. The van der Waals surface area contributed by atoms with Crippen molar-refractivity contribution in [1.82, 2.24) is 16.0 Å². The lowest BCUT2D eigenvalue weighted by atomic mass is 10.0. The van der Waals surface area contributed by atoms with Gasteiger partial charge in [0.15, 0.2) is 0 Å². The second kappa shape index (κ2) is 16.1. The van der Waals surface area contributed by atoms with E-state index >= 15 is 0 Å². The number of hydrogen-bond acceptors (Lipinski definition) is 8. The molecule has 13 heteroatoms. The predicted octanol–water partition coefficient (Wildman–Crippen LogP) is 0.272. The molecule has 0 spiro atoms. The van der Waals surface area contributed by atoms with Crippen LogP contribution in [-0.4, -0.2) is 81.2 Å². The van der Waals surface area contributed by atoms with Gasteiger partial charge in [0.25, 0.3) is 0 Å². The fourth-order valence-corrected chi connectivity index (χ4v) is 4.20. The largest absolute Gasteiger partial charge is 0.508 e. The molecule has 0 saturated carbocycles. The zero-order chi connectivity index (χ0) is 29.7. The smallest absolute Gasteiger partial charge is 0.326 e. The van der Waals surface area contributed by atoms with Gasteiger partial charge in [-0.15, -0.1) is 0 Å². The van der Waals surface area contributed by atoms with Crippen LogP contribution in [0.3, 0.4) is 0 Å². The maximum Gasteiger partial charge on any atom is 0.326 e. The summed E-state index contributed by atoms with van der Waals surface area (Å²) in [6.07, 6.45) is 1.35. The van der Waals surface area contributed by atoms with Gasteiger partial charge in [-0.25, -0.2) is 4.79 Å². The highest BCUT2D eigenvalue weighted by molar-refractivity contribution is 7.98. The Morgan fingerprint density at radius 2 is 1.27 bits per heavy atom. The van der Waals surface area contributed by atoms with Crippen LogP contribution in [-0.2, 0) is 36.8 Å². The molecular formula is C27H34N4O8S. The fourth-order valence-electron chi connectivity index (χ4n) is 3.71. The van der Waals surface area contributed by atoms with Crippen LogP contribution in [0.15, 0.2) is 54.6 Å². The van der Waals surface area contributed by atoms with E-state index in [1.54, 1.807) is 42.5 Å². The van der Waals surface area contributed by atoms with Gasteiger partial charge < -0.3 is 37.0 Å². The second-order valence-electron chi connectivity index (χ2n) is 9.07. The van der Waals surface area contributed by atoms with E-state index in [0.717, 1.165) is 0 Å². The summed E-state index contributed by atoms with van der Waals surface area (Å²) in [5.74, 6) is -4.53. The first kappa shape index (κ1) is 32.1. The molecule has 0 aromatic heterocycles. The summed E-state index contributed by atoms with van der Waals surface area (Å²) in [5, 5.41) is 35.4. The molecule has 0 aliphatic carbocycles. The topological polar surface area (TPSA) is 208 Å². The minimum Gasteiger partial charge on any atom is -0.508 e. The van der Waals surface area contributed by atoms with E-state index in [1.165, 1.54) is 23.9 Å². The zero-order valence-corrected chi connectivity index (χ0v) is 22.7. The molecule has 8 N–H and O–H groups in total. The average molecular weight is 575 g/mol. The number of carbonyl (C=O) groups is 5. The Hall–Kier alpha value is -4.10. The Bertz CT molecular complexity index is 1160. The first-order valence-corrected chi connectivity index (χ1v) is 13.8. The van der Waals surface area contributed by atoms with Gasteiger partial charge in [0.05, 0.1) is 12.5 Å². The Labute approximate surface area is 235 Å². The number of aliphatic carboxylic acids is 2. The number of phenols is 1. The van der Waals surface area contributed by atoms with E-state index < -0.39 is 60.2 Å². The standard InChI is InChI=1S/C27H34N4O8S/c1-40-12-11-19(28)24(35)29-20(14-17-7-9-18(32)10-8-17)25(36)30-21(13-16-5-3-2-4-6-16)26(37)31-22(27(38)39)15-23(33)34/h2-10,19-22,32H,11-15,28H2,1H3,(H,29,35)(H,30,36)(H,31,37)(H,33,34)(H,38,39). The summed E-state index contributed by atoms with van der Waals surface area (Å²) in [4.78, 5) is 62.0. The number of amides is 3. The van der Waals surface area contributed by atoms with Crippen molar-refractivity contribution in [1.29, 1.82) is 0 Å². The third-order valence-corrected chi connectivity index (χ3v) is 6.53. The van der Waals surface area contributed by atoms with Gasteiger partial charge in [0.1, 0.15) is 23.9 Å². The van der Waals surface area contributed by atoms with Crippen LogP contribution >= 0.6 is 11.8 Å². The number of nitrogens with two attached hydrogens (primary N) is 1. The number of hydrogen-bond donors (Lipinski definition) is 7. The van der Waals surface area contributed by atoms with E-state index in [9.17, 15) is 34.2 Å². The van der Waals surface area contributed by atoms with Crippen molar-refractivity contribution in [2.45, 2.75) is 49.9 Å². The molecule has 0 aliphatic rings. The van der Waals surface area contributed by atoms with Gasteiger partial charge >= 0.3 is 11.9 Å². The lowest BCUT2D eigenvalue weighted by Gasteiger charge is -2.25. The fraction of sp³-hybridized carbons (Fsp3) is 0.370. The molecule has 0 bridgehead atoms. The molecule has 3 amide bonds. The molecule has 4 atom stereocenters. The van der Waals surface area contributed by atoms with Crippen molar-refractivity contribution < 1.29 is 39.3 Å². The van der Waals surface area contributed by atoms with Gasteiger partial charge in [-0.05, 0) is 41.7 Å². The van der Waals surface area contributed by atoms with Gasteiger partial charge in [0.2, 0.25) is 17.7 Å². The van der Waals surface area contributed by atoms with E-state index in [4.69, 9.17) is 10.8 Å². The van der Waals surface area contributed by atoms with E-state index in [2.05, 4.69) is 16.0 Å². The average Bonchev–Trinajstić information content (AvgIpc) is 2.91.